The van der Waals surface area contributed by atoms with Crippen LogP contribution in [0.15, 0.2) is 22.7 Å². The summed E-state index contributed by atoms with van der Waals surface area (Å²) in [6.07, 6.45) is 3.17. The summed E-state index contributed by atoms with van der Waals surface area (Å²) < 4.78 is 14.0. The fourth-order valence-corrected chi connectivity index (χ4v) is 2.39. The van der Waals surface area contributed by atoms with E-state index in [9.17, 15) is 4.39 Å². The Labute approximate surface area is 105 Å². The molecule has 2 N–H and O–H groups in total. The molecular weight excluding hydrogens is 269 g/mol. The third kappa shape index (κ3) is 3.87. The van der Waals surface area contributed by atoms with Gasteiger partial charge in [0.25, 0.3) is 0 Å². The van der Waals surface area contributed by atoms with Crippen molar-refractivity contribution in [1.82, 2.24) is 0 Å². The predicted octanol–water partition coefficient (Wildman–Crippen LogP) is 4.41. The molecule has 0 aliphatic rings. The van der Waals surface area contributed by atoms with Gasteiger partial charge in [0.2, 0.25) is 0 Å². The van der Waals surface area contributed by atoms with Crippen LogP contribution in [0.2, 0.25) is 0 Å². The van der Waals surface area contributed by atoms with Crippen molar-refractivity contribution >= 4 is 15.9 Å². The largest absolute Gasteiger partial charge is 0.324 e. The van der Waals surface area contributed by atoms with Crippen LogP contribution >= 0.6 is 15.9 Å². The molecule has 1 atom stereocenters. The summed E-state index contributed by atoms with van der Waals surface area (Å²) >= 11 is 3.29. The van der Waals surface area contributed by atoms with Gasteiger partial charge in [0.1, 0.15) is 5.82 Å². The van der Waals surface area contributed by atoms with Crippen molar-refractivity contribution < 1.29 is 4.39 Å². The SMILES string of the molecule is CCC(CC)CC(N)c1cc(F)cc(Br)c1. The maximum atomic E-state index is 13.2. The van der Waals surface area contributed by atoms with Crippen molar-refractivity contribution in [1.29, 1.82) is 0 Å². The number of halogens is 2. The first-order valence-electron chi connectivity index (χ1n) is 5.78. The van der Waals surface area contributed by atoms with Crippen LogP contribution < -0.4 is 5.73 Å². The Morgan fingerprint density at radius 3 is 2.38 bits per heavy atom. The fourth-order valence-electron chi connectivity index (χ4n) is 1.91. The zero-order valence-corrected chi connectivity index (χ0v) is 11.4. The lowest BCUT2D eigenvalue weighted by molar-refractivity contribution is 0.414. The van der Waals surface area contributed by atoms with Crippen LogP contribution in [0.25, 0.3) is 0 Å². The second-order valence-corrected chi connectivity index (χ2v) is 5.14. The Morgan fingerprint density at radius 1 is 1.25 bits per heavy atom. The molecule has 0 aliphatic carbocycles. The topological polar surface area (TPSA) is 26.0 Å². The molecular formula is C13H19BrFN. The molecule has 0 bridgehead atoms. The lowest BCUT2D eigenvalue weighted by atomic mass is 9.92. The van der Waals surface area contributed by atoms with Crippen LogP contribution in [-0.2, 0) is 0 Å². The maximum Gasteiger partial charge on any atom is 0.124 e. The van der Waals surface area contributed by atoms with Gasteiger partial charge in [0.15, 0.2) is 0 Å². The Balaban J connectivity index is 2.75. The minimum Gasteiger partial charge on any atom is -0.324 e. The van der Waals surface area contributed by atoms with Crippen molar-refractivity contribution in [2.75, 3.05) is 0 Å². The van der Waals surface area contributed by atoms with Crippen LogP contribution in [0.1, 0.15) is 44.7 Å². The summed E-state index contributed by atoms with van der Waals surface area (Å²) in [4.78, 5) is 0. The summed E-state index contributed by atoms with van der Waals surface area (Å²) in [5.41, 5.74) is 6.97. The van der Waals surface area contributed by atoms with E-state index in [-0.39, 0.29) is 11.9 Å². The summed E-state index contributed by atoms with van der Waals surface area (Å²) in [5, 5.41) is 0. The van der Waals surface area contributed by atoms with E-state index in [1.165, 1.54) is 12.1 Å². The van der Waals surface area contributed by atoms with Crippen molar-refractivity contribution in [3.8, 4) is 0 Å². The fraction of sp³-hybridized carbons (Fsp3) is 0.538. The van der Waals surface area contributed by atoms with Gasteiger partial charge < -0.3 is 5.73 Å². The average molecular weight is 288 g/mol. The summed E-state index contributed by atoms with van der Waals surface area (Å²) in [5.74, 6) is 0.390. The van der Waals surface area contributed by atoms with Crippen molar-refractivity contribution in [2.45, 2.75) is 39.2 Å². The summed E-state index contributed by atoms with van der Waals surface area (Å²) in [7, 11) is 0. The first-order chi connectivity index (χ1) is 7.56. The summed E-state index contributed by atoms with van der Waals surface area (Å²) in [6, 6.07) is 4.80. The van der Waals surface area contributed by atoms with E-state index >= 15 is 0 Å². The lowest BCUT2D eigenvalue weighted by Crippen LogP contribution is -2.15. The highest BCUT2D eigenvalue weighted by Crippen LogP contribution is 2.26. The quantitative estimate of drug-likeness (QED) is 0.853. The highest BCUT2D eigenvalue weighted by molar-refractivity contribution is 9.10. The molecule has 16 heavy (non-hydrogen) atoms. The standard InChI is InChI=1S/C13H19BrFN/c1-3-9(4-2)5-13(16)10-6-11(14)8-12(15)7-10/h6-9,13H,3-5,16H2,1-2H3. The van der Waals surface area contributed by atoms with E-state index in [0.717, 1.165) is 29.3 Å². The van der Waals surface area contributed by atoms with Crippen LogP contribution in [0.5, 0.6) is 0 Å². The van der Waals surface area contributed by atoms with E-state index < -0.39 is 0 Å². The molecule has 90 valence electrons. The first-order valence-corrected chi connectivity index (χ1v) is 6.57. The normalized spacial score (nSPS) is 13.1. The second kappa shape index (κ2) is 6.36. The molecule has 0 spiro atoms. The van der Waals surface area contributed by atoms with Crippen molar-refractivity contribution in [3.63, 3.8) is 0 Å². The Hall–Kier alpha value is -0.410. The Bertz CT molecular complexity index is 316. The number of nitrogens with two attached hydrogens (primary N) is 1. The molecule has 3 heteroatoms. The van der Waals surface area contributed by atoms with Gasteiger partial charge in [-0.2, -0.15) is 0 Å². The van der Waals surface area contributed by atoms with Crippen LogP contribution in [0, 0.1) is 11.7 Å². The molecule has 0 aromatic heterocycles. The monoisotopic (exact) mass is 287 g/mol. The van der Waals surface area contributed by atoms with Gasteiger partial charge in [0.05, 0.1) is 0 Å². The van der Waals surface area contributed by atoms with Gasteiger partial charge >= 0.3 is 0 Å². The second-order valence-electron chi connectivity index (χ2n) is 4.23. The van der Waals surface area contributed by atoms with Crippen LogP contribution in [0.3, 0.4) is 0 Å². The average Bonchev–Trinajstić information content (AvgIpc) is 2.24. The van der Waals surface area contributed by atoms with Gasteiger partial charge in [-0.3, -0.25) is 0 Å². The Kier molecular flexibility index (Phi) is 5.42. The van der Waals surface area contributed by atoms with Gasteiger partial charge in [-0.15, -0.1) is 0 Å². The maximum absolute atomic E-state index is 13.2. The highest BCUT2D eigenvalue weighted by Gasteiger charge is 2.13. The third-order valence-electron chi connectivity index (χ3n) is 3.06. The molecule has 1 nitrogen and oxygen atoms in total. The van der Waals surface area contributed by atoms with Crippen molar-refractivity contribution in [2.24, 2.45) is 11.7 Å². The Morgan fingerprint density at radius 2 is 1.88 bits per heavy atom. The smallest absolute Gasteiger partial charge is 0.124 e. The lowest BCUT2D eigenvalue weighted by Gasteiger charge is -2.18. The summed E-state index contributed by atoms with van der Waals surface area (Å²) in [6.45, 7) is 4.34. The minimum absolute atomic E-state index is 0.0723. The molecule has 0 heterocycles. The molecule has 1 unspecified atom stereocenters. The minimum atomic E-state index is -0.232. The highest BCUT2D eigenvalue weighted by atomic mass is 79.9. The van der Waals surface area contributed by atoms with Gasteiger partial charge in [-0.25, -0.2) is 4.39 Å². The molecule has 1 aromatic rings. The van der Waals surface area contributed by atoms with Crippen molar-refractivity contribution in [3.05, 3.63) is 34.1 Å². The van der Waals surface area contributed by atoms with Gasteiger partial charge in [-0.1, -0.05) is 42.6 Å². The first kappa shape index (κ1) is 13.7. The van der Waals surface area contributed by atoms with E-state index in [2.05, 4.69) is 29.8 Å². The number of hydrogen-bond donors (Lipinski definition) is 1. The zero-order chi connectivity index (χ0) is 12.1. The molecule has 1 rings (SSSR count). The molecule has 1 aromatic carbocycles. The third-order valence-corrected chi connectivity index (χ3v) is 3.51. The van der Waals surface area contributed by atoms with Crippen LogP contribution in [0.4, 0.5) is 4.39 Å². The van der Waals surface area contributed by atoms with Crippen LogP contribution in [-0.4, -0.2) is 0 Å². The molecule has 0 aliphatic heterocycles. The van der Waals surface area contributed by atoms with Gasteiger partial charge in [0, 0.05) is 10.5 Å². The number of benzene rings is 1. The number of hydrogen-bond acceptors (Lipinski definition) is 1. The molecule has 0 saturated heterocycles. The molecule has 0 saturated carbocycles. The zero-order valence-electron chi connectivity index (χ0n) is 9.84. The molecule has 0 amide bonds. The van der Waals surface area contributed by atoms with E-state index in [1.807, 2.05) is 6.07 Å². The number of rotatable bonds is 5. The molecule has 0 fully saturated rings. The van der Waals surface area contributed by atoms with E-state index in [0.29, 0.717) is 5.92 Å². The predicted molar refractivity (Wildman–Crippen MR) is 69.7 cm³/mol. The van der Waals surface area contributed by atoms with E-state index in [1.54, 1.807) is 0 Å². The molecule has 0 radical (unpaired) electrons. The van der Waals surface area contributed by atoms with Gasteiger partial charge in [-0.05, 0) is 36.1 Å². The van der Waals surface area contributed by atoms with E-state index in [4.69, 9.17) is 5.73 Å².